The van der Waals surface area contributed by atoms with Gasteiger partial charge in [-0.25, -0.2) is 4.98 Å². The van der Waals surface area contributed by atoms with Gasteiger partial charge in [0, 0.05) is 25.3 Å². The molecule has 2 N–H and O–H groups in total. The molecule has 1 aliphatic heterocycles. The molecule has 1 saturated heterocycles. The SMILES string of the molecule is Cc1ncsc1-c1ccc(CCC(=O)[C@@H]2C[C@@H](O)CN2C(=O)C(NC(=O)C(C)C)C(C)(C)C)cc1. The lowest BCUT2D eigenvalue weighted by atomic mass is 9.85. The standard InChI is InChI=1S/C27H37N3O4S/c1-16(2)25(33)29-24(27(4,5)6)26(34)30-14-20(31)13-21(30)22(32)12-9-18-7-10-19(11-8-18)23-17(3)28-15-35-23/h7-8,10-11,15-16,20-21,24,31H,9,12-14H2,1-6H3,(H,29,33)/t20-,21+,24?/m1/s1. The molecule has 0 radical (unpaired) electrons. The molecule has 7 nitrogen and oxygen atoms in total. The Morgan fingerprint density at radius 2 is 1.86 bits per heavy atom. The zero-order valence-electron chi connectivity index (χ0n) is 21.5. The number of thiazole rings is 1. The zero-order chi connectivity index (χ0) is 25.9. The van der Waals surface area contributed by atoms with Crippen LogP contribution in [-0.4, -0.2) is 57.3 Å². The second kappa shape index (κ2) is 11.0. The van der Waals surface area contributed by atoms with E-state index >= 15 is 0 Å². The van der Waals surface area contributed by atoms with Crippen molar-refractivity contribution in [1.29, 1.82) is 0 Å². The number of carbonyl (C=O) groups is 3. The molecule has 8 heteroatoms. The van der Waals surface area contributed by atoms with Crippen molar-refractivity contribution in [3.8, 4) is 10.4 Å². The molecule has 1 unspecified atom stereocenters. The Bertz CT molecular complexity index is 1060. The van der Waals surface area contributed by atoms with Crippen LogP contribution in [0.4, 0.5) is 0 Å². The average molecular weight is 500 g/mol. The number of benzene rings is 1. The summed E-state index contributed by atoms with van der Waals surface area (Å²) in [7, 11) is 0. The number of carbonyl (C=O) groups excluding carboxylic acids is 3. The third-order valence-corrected chi connectivity index (χ3v) is 7.46. The molecule has 1 fully saturated rings. The van der Waals surface area contributed by atoms with Crippen LogP contribution in [0.1, 0.15) is 58.7 Å². The predicted octanol–water partition coefficient (Wildman–Crippen LogP) is 3.77. The highest BCUT2D eigenvalue weighted by atomic mass is 32.1. The summed E-state index contributed by atoms with van der Waals surface area (Å²) in [5, 5.41) is 13.2. The first-order valence-corrected chi connectivity index (χ1v) is 13.1. The van der Waals surface area contributed by atoms with Gasteiger partial charge in [0.25, 0.3) is 0 Å². The predicted molar refractivity (Wildman–Crippen MR) is 138 cm³/mol. The fourth-order valence-corrected chi connectivity index (χ4v) is 5.13. The van der Waals surface area contributed by atoms with E-state index < -0.39 is 23.6 Å². The van der Waals surface area contributed by atoms with Crippen LogP contribution in [0.15, 0.2) is 29.8 Å². The van der Waals surface area contributed by atoms with Gasteiger partial charge in [-0.05, 0) is 29.9 Å². The highest BCUT2D eigenvalue weighted by molar-refractivity contribution is 7.13. The molecule has 3 atom stereocenters. The number of hydrogen-bond donors (Lipinski definition) is 2. The molecule has 3 rings (SSSR count). The van der Waals surface area contributed by atoms with E-state index in [2.05, 4.69) is 10.3 Å². The molecule has 2 heterocycles. The molecule has 0 saturated carbocycles. The number of rotatable bonds is 8. The molecular weight excluding hydrogens is 462 g/mol. The Hall–Kier alpha value is -2.58. The van der Waals surface area contributed by atoms with Crippen molar-refractivity contribution in [1.82, 2.24) is 15.2 Å². The van der Waals surface area contributed by atoms with Gasteiger partial charge in [0.15, 0.2) is 5.78 Å². The normalized spacial score (nSPS) is 19.1. The first-order valence-electron chi connectivity index (χ1n) is 12.2. The van der Waals surface area contributed by atoms with Crippen LogP contribution in [0.3, 0.4) is 0 Å². The smallest absolute Gasteiger partial charge is 0.246 e. The van der Waals surface area contributed by atoms with Crippen LogP contribution in [0.25, 0.3) is 10.4 Å². The van der Waals surface area contributed by atoms with Crippen LogP contribution in [-0.2, 0) is 20.8 Å². The molecule has 35 heavy (non-hydrogen) atoms. The van der Waals surface area contributed by atoms with Gasteiger partial charge in [0.2, 0.25) is 11.8 Å². The zero-order valence-corrected chi connectivity index (χ0v) is 22.3. The quantitative estimate of drug-likeness (QED) is 0.576. The third-order valence-electron chi connectivity index (χ3n) is 6.48. The second-order valence-corrected chi connectivity index (χ2v) is 11.6. The topological polar surface area (TPSA) is 99.6 Å². The van der Waals surface area contributed by atoms with Gasteiger partial charge in [0.1, 0.15) is 6.04 Å². The summed E-state index contributed by atoms with van der Waals surface area (Å²) in [5.74, 6) is -0.857. The molecule has 0 aliphatic carbocycles. The van der Waals surface area contributed by atoms with Gasteiger partial charge in [-0.3, -0.25) is 14.4 Å². The minimum Gasteiger partial charge on any atom is -0.391 e. The number of ketones is 1. The first-order chi connectivity index (χ1) is 16.4. The molecule has 0 bridgehead atoms. The fraction of sp³-hybridized carbons (Fsp3) is 0.556. The minimum absolute atomic E-state index is 0.0693. The van der Waals surface area contributed by atoms with Gasteiger partial charge in [-0.1, -0.05) is 58.9 Å². The molecule has 0 spiro atoms. The fourth-order valence-electron chi connectivity index (χ4n) is 4.32. The van der Waals surface area contributed by atoms with Crippen molar-refractivity contribution in [3.63, 3.8) is 0 Å². The van der Waals surface area contributed by atoms with Crippen LogP contribution < -0.4 is 5.32 Å². The van der Waals surface area contributed by atoms with Gasteiger partial charge in [-0.2, -0.15) is 0 Å². The van der Waals surface area contributed by atoms with E-state index in [0.717, 1.165) is 21.7 Å². The number of likely N-dealkylation sites (tertiary alicyclic amines) is 1. The maximum absolute atomic E-state index is 13.5. The number of nitrogens with zero attached hydrogens (tertiary/aromatic N) is 2. The summed E-state index contributed by atoms with van der Waals surface area (Å²) >= 11 is 1.60. The van der Waals surface area contributed by atoms with E-state index in [4.69, 9.17) is 0 Å². The second-order valence-electron chi connectivity index (χ2n) is 10.8. The molecule has 2 amide bonds. The maximum atomic E-state index is 13.5. The Balaban J connectivity index is 1.68. The van der Waals surface area contributed by atoms with E-state index in [1.165, 1.54) is 4.90 Å². The highest BCUT2D eigenvalue weighted by Gasteiger charge is 2.44. The van der Waals surface area contributed by atoms with E-state index in [1.54, 1.807) is 25.2 Å². The molecule has 190 valence electrons. The van der Waals surface area contributed by atoms with Crippen LogP contribution >= 0.6 is 11.3 Å². The summed E-state index contributed by atoms with van der Waals surface area (Å²) < 4.78 is 0. The lowest BCUT2D eigenvalue weighted by Gasteiger charge is -2.35. The van der Waals surface area contributed by atoms with E-state index in [9.17, 15) is 19.5 Å². The number of aliphatic hydroxyl groups is 1. The Morgan fingerprint density at radius 1 is 1.20 bits per heavy atom. The van der Waals surface area contributed by atoms with E-state index in [-0.39, 0.29) is 42.9 Å². The average Bonchev–Trinajstić information content (AvgIpc) is 3.40. The Labute approximate surface area is 212 Å². The molecule has 1 aliphatic rings. The molecular formula is C27H37N3O4S. The van der Waals surface area contributed by atoms with Crippen molar-refractivity contribution >= 4 is 28.9 Å². The highest BCUT2D eigenvalue weighted by Crippen LogP contribution is 2.29. The van der Waals surface area contributed by atoms with Gasteiger partial charge in [0.05, 0.1) is 28.2 Å². The number of Topliss-reactive ketones (excluding diaryl/α,β-unsaturated/α-hetero) is 1. The maximum Gasteiger partial charge on any atom is 0.246 e. The summed E-state index contributed by atoms with van der Waals surface area (Å²) in [5.41, 5.74) is 4.44. The van der Waals surface area contributed by atoms with Gasteiger partial charge >= 0.3 is 0 Å². The number of aryl methyl sites for hydroxylation is 2. The van der Waals surface area contributed by atoms with E-state index in [1.807, 2.05) is 57.5 Å². The van der Waals surface area contributed by atoms with Crippen LogP contribution in [0, 0.1) is 18.3 Å². The first kappa shape index (κ1) is 27.0. The number of aliphatic hydroxyl groups excluding tert-OH is 1. The number of β-amino-alcohol motifs (C(OH)–C–C–N with tert-alkyl or cyclic N) is 1. The van der Waals surface area contributed by atoms with Crippen molar-refractivity contribution in [2.75, 3.05) is 6.54 Å². The third kappa shape index (κ3) is 6.55. The van der Waals surface area contributed by atoms with Crippen molar-refractivity contribution in [2.24, 2.45) is 11.3 Å². The number of amides is 2. The largest absolute Gasteiger partial charge is 0.391 e. The Kier molecular flexibility index (Phi) is 8.49. The summed E-state index contributed by atoms with van der Waals surface area (Å²) in [6, 6.07) is 6.66. The monoisotopic (exact) mass is 499 g/mol. The van der Waals surface area contributed by atoms with Crippen molar-refractivity contribution < 1.29 is 19.5 Å². The van der Waals surface area contributed by atoms with Crippen molar-refractivity contribution in [2.45, 2.75) is 79.0 Å². The lowest BCUT2D eigenvalue weighted by molar-refractivity contribution is -0.144. The van der Waals surface area contributed by atoms with Gasteiger partial charge in [-0.15, -0.1) is 11.3 Å². The van der Waals surface area contributed by atoms with E-state index in [0.29, 0.717) is 6.42 Å². The molecule has 1 aromatic carbocycles. The van der Waals surface area contributed by atoms with Crippen LogP contribution in [0.2, 0.25) is 0 Å². The molecule has 2 aromatic rings. The Morgan fingerprint density at radius 3 is 2.40 bits per heavy atom. The molecule has 1 aromatic heterocycles. The summed E-state index contributed by atoms with van der Waals surface area (Å²) in [4.78, 5) is 46.0. The van der Waals surface area contributed by atoms with Gasteiger partial charge < -0.3 is 15.3 Å². The van der Waals surface area contributed by atoms with Crippen molar-refractivity contribution in [3.05, 3.63) is 41.0 Å². The number of aromatic nitrogens is 1. The summed E-state index contributed by atoms with van der Waals surface area (Å²) in [6.07, 6.45) is 0.306. The van der Waals surface area contributed by atoms with Crippen LogP contribution in [0.5, 0.6) is 0 Å². The number of nitrogens with one attached hydrogen (secondary N) is 1. The number of hydrogen-bond acceptors (Lipinski definition) is 6. The minimum atomic E-state index is -0.777. The lowest BCUT2D eigenvalue weighted by Crippen LogP contribution is -2.57. The summed E-state index contributed by atoms with van der Waals surface area (Å²) in [6.45, 7) is 11.3.